The molecule has 1 aromatic heterocycles. The van der Waals surface area contributed by atoms with E-state index < -0.39 is 5.97 Å². The fourth-order valence-corrected chi connectivity index (χ4v) is 5.56. The molecule has 0 aromatic carbocycles. The number of amides is 1. The average molecular weight is 386 g/mol. The number of aromatic nitrogens is 1. The maximum atomic E-state index is 12.7. The number of aliphatic carboxylic acids is 1. The lowest BCUT2D eigenvalue weighted by atomic mass is 9.70. The molecule has 1 aromatic rings. The van der Waals surface area contributed by atoms with Crippen LogP contribution in [0.4, 0.5) is 0 Å². The lowest BCUT2D eigenvalue weighted by Gasteiger charge is -2.42. The van der Waals surface area contributed by atoms with Gasteiger partial charge in [0.2, 0.25) is 5.91 Å². The molecule has 6 heteroatoms. The van der Waals surface area contributed by atoms with Gasteiger partial charge in [-0.25, -0.2) is 0 Å². The van der Waals surface area contributed by atoms with E-state index in [0.29, 0.717) is 32.1 Å². The highest BCUT2D eigenvalue weighted by Crippen LogP contribution is 2.45. The molecule has 1 amide bonds. The molecule has 1 unspecified atom stereocenters. The Morgan fingerprint density at radius 1 is 1.21 bits per heavy atom. The summed E-state index contributed by atoms with van der Waals surface area (Å²) in [5, 5.41) is 9.88. The van der Waals surface area contributed by atoms with Crippen LogP contribution in [-0.4, -0.2) is 57.9 Å². The standard InChI is InChI=1S/C22H31N3O3/c1-16-5-4-8-18(23-16)13-24-14-19(21(27)28)22(15-24)9-11-25(12-10-22)20(26)17-6-2-3-7-17/h4-5,8,17,19H,2-3,6-7,9-15H2,1H3,(H,27,28). The number of carbonyl (C=O) groups is 2. The SMILES string of the molecule is Cc1cccc(CN2CC(C(=O)O)C3(CCN(C(=O)C4CCCC4)CC3)C2)n1. The van der Waals surface area contributed by atoms with Gasteiger partial charge in [-0.1, -0.05) is 18.9 Å². The van der Waals surface area contributed by atoms with Crippen molar-refractivity contribution in [3.8, 4) is 0 Å². The fourth-order valence-electron chi connectivity index (χ4n) is 5.56. The van der Waals surface area contributed by atoms with Gasteiger partial charge in [0.25, 0.3) is 0 Å². The molecule has 4 rings (SSSR count). The first kappa shape index (κ1) is 19.4. The molecule has 2 saturated heterocycles. The number of rotatable bonds is 4. The average Bonchev–Trinajstić information content (AvgIpc) is 3.31. The molecule has 0 bridgehead atoms. The van der Waals surface area contributed by atoms with E-state index in [4.69, 9.17) is 0 Å². The van der Waals surface area contributed by atoms with Crippen molar-refractivity contribution in [2.75, 3.05) is 26.2 Å². The number of hydrogen-bond acceptors (Lipinski definition) is 4. The molecule has 1 spiro atoms. The summed E-state index contributed by atoms with van der Waals surface area (Å²) in [5.41, 5.74) is 1.76. The number of piperidine rings is 1. The number of likely N-dealkylation sites (tertiary alicyclic amines) is 2. The van der Waals surface area contributed by atoms with Crippen molar-refractivity contribution < 1.29 is 14.7 Å². The van der Waals surface area contributed by atoms with Gasteiger partial charge in [0.05, 0.1) is 11.6 Å². The number of carbonyl (C=O) groups excluding carboxylic acids is 1. The van der Waals surface area contributed by atoms with Crippen molar-refractivity contribution in [2.45, 2.75) is 52.0 Å². The number of nitrogens with zero attached hydrogens (tertiary/aromatic N) is 3. The first-order chi connectivity index (χ1) is 13.5. The van der Waals surface area contributed by atoms with Crippen LogP contribution in [0.5, 0.6) is 0 Å². The van der Waals surface area contributed by atoms with Gasteiger partial charge in [-0.2, -0.15) is 0 Å². The highest BCUT2D eigenvalue weighted by molar-refractivity contribution is 5.79. The highest BCUT2D eigenvalue weighted by atomic mass is 16.4. The van der Waals surface area contributed by atoms with Crippen LogP contribution in [0, 0.1) is 24.2 Å². The summed E-state index contributed by atoms with van der Waals surface area (Å²) in [6, 6.07) is 5.99. The second-order valence-corrected chi connectivity index (χ2v) is 9.00. The summed E-state index contributed by atoms with van der Waals surface area (Å²) >= 11 is 0. The van der Waals surface area contributed by atoms with Gasteiger partial charge in [-0.3, -0.25) is 19.5 Å². The van der Waals surface area contributed by atoms with Crippen LogP contribution in [0.25, 0.3) is 0 Å². The monoisotopic (exact) mass is 385 g/mol. The molecule has 3 fully saturated rings. The smallest absolute Gasteiger partial charge is 0.308 e. The Hall–Kier alpha value is -1.95. The predicted octanol–water partition coefficient (Wildman–Crippen LogP) is 2.71. The molecule has 1 atom stereocenters. The molecule has 6 nitrogen and oxygen atoms in total. The van der Waals surface area contributed by atoms with Gasteiger partial charge in [-0.05, 0) is 44.7 Å². The number of aryl methyl sites for hydroxylation is 1. The van der Waals surface area contributed by atoms with Crippen LogP contribution >= 0.6 is 0 Å². The van der Waals surface area contributed by atoms with Gasteiger partial charge >= 0.3 is 5.97 Å². The summed E-state index contributed by atoms with van der Waals surface area (Å²) < 4.78 is 0. The highest BCUT2D eigenvalue weighted by Gasteiger charge is 2.51. The zero-order valence-corrected chi connectivity index (χ0v) is 16.8. The van der Waals surface area contributed by atoms with Gasteiger partial charge < -0.3 is 10.0 Å². The molecular formula is C22H31N3O3. The topological polar surface area (TPSA) is 73.7 Å². The van der Waals surface area contributed by atoms with E-state index in [1.165, 1.54) is 0 Å². The summed E-state index contributed by atoms with van der Waals surface area (Å²) in [5.74, 6) is -0.550. The minimum Gasteiger partial charge on any atom is -0.481 e. The fraction of sp³-hybridized carbons (Fsp3) is 0.682. The minimum absolute atomic E-state index is 0.205. The Morgan fingerprint density at radius 2 is 1.93 bits per heavy atom. The number of carboxylic acid groups (broad SMARTS) is 1. The lowest BCUT2D eigenvalue weighted by molar-refractivity contribution is -0.147. The van der Waals surface area contributed by atoms with Crippen LogP contribution in [-0.2, 0) is 16.1 Å². The second-order valence-electron chi connectivity index (χ2n) is 9.00. The molecule has 152 valence electrons. The third kappa shape index (κ3) is 3.79. The summed E-state index contributed by atoms with van der Waals surface area (Å²) in [6.07, 6.45) is 5.96. The number of carboxylic acids is 1. The van der Waals surface area contributed by atoms with Crippen molar-refractivity contribution in [1.29, 1.82) is 0 Å². The van der Waals surface area contributed by atoms with Crippen LogP contribution in [0.2, 0.25) is 0 Å². The molecule has 3 aliphatic rings. The van der Waals surface area contributed by atoms with Crippen LogP contribution in [0.3, 0.4) is 0 Å². The van der Waals surface area contributed by atoms with Crippen LogP contribution < -0.4 is 0 Å². The molecule has 1 N–H and O–H groups in total. The Labute approximate surface area is 166 Å². The van der Waals surface area contributed by atoms with Crippen molar-refractivity contribution in [1.82, 2.24) is 14.8 Å². The Morgan fingerprint density at radius 3 is 2.57 bits per heavy atom. The maximum absolute atomic E-state index is 12.7. The third-order valence-corrected chi connectivity index (χ3v) is 7.12. The summed E-state index contributed by atoms with van der Waals surface area (Å²) in [7, 11) is 0. The molecular weight excluding hydrogens is 354 g/mol. The Bertz CT molecular complexity index is 736. The van der Waals surface area contributed by atoms with E-state index in [1.807, 2.05) is 30.0 Å². The third-order valence-electron chi connectivity index (χ3n) is 7.12. The zero-order valence-electron chi connectivity index (χ0n) is 16.8. The van der Waals surface area contributed by atoms with E-state index in [-0.39, 0.29) is 17.3 Å². The van der Waals surface area contributed by atoms with E-state index in [0.717, 1.165) is 56.5 Å². The molecule has 2 aliphatic heterocycles. The molecule has 28 heavy (non-hydrogen) atoms. The Kier molecular flexibility index (Phi) is 5.41. The molecule has 3 heterocycles. The van der Waals surface area contributed by atoms with E-state index >= 15 is 0 Å². The van der Waals surface area contributed by atoms with Crippen LogP contribution in [0.1, 0.15) is 49.9 Å². The van der Waals surface area contributed by atoms with E-state index in [2.05, 4.69) is 9.88 Å². The minimum atomic E-state index is -0.699. The lowest BCUT2D eigenvalue weighted by Crippen LogP contribution is -2.49. The first-order valence-electron chi connectivity index (χ1n) is 10.6. The van der Waals surface area contributed by atoms with Crippen molar-refractivity contribution >= 4 is 11.9 Å². The molecule has 1 saturated carbocycles. The van der Waals surface area contributed by atoms with E-state index in [1.54, 1.807) is 0 Å². The number of pyridine rings is 1. The molecule has 0 radical (unpaired) electrons. The first-order valence-corrected chi connectivity index (χ1v) is 10.6. The zero-order chi connectivity index (χ0) is 19.7. The molecule has 1 aliphatic carbocycles. The largest absolute Gasteiger partial charge is 0.481 e. The predicted molar refractivity (Wildman–Crippen MR) is 106 cm³/mol. The second kappa shape index (κ2) is 7.82. The van der Waals surface area contributed by atoms with Gasteiger partial charge in [-0.15, -0.1) is 0 Å². The van der Waals surface area contributed by atoms with Gasteiger partial charge in [0.1, 0.15) is 0 Å². The van der Waals surface area contributed by atoms with Crippen molar-refractivity contribution in [3.05, 3.63) is 29.6 Å². The van der Waals surface area contributed by atoms with Crippen molar-refractivity contribution in [2.24, 2.45) is 17.3 Å². The van der Waals surface area contributed by atoms with Crippen molar-refractivity contribution in [3.63, 3.8) is 0 Å². The Balaban J connectivity index is 1.42. The summed E-state index contributed by atoms with van der Waals surface area (Å²) in [6.45, 7) is 5.43. The van der Waals surface area contributed by atoms with Gasteiger partial charge in [0, 0.05) is 49.8 Å². The maximum Gasteiger partial charge on any atom is 0.308 e. The van der Waals surface area contributed by atoms with E-state index in [9.17, 15) is 14.7 Å². The van der Waals surface area contributed by atoms with Crippen LogP contribution in [0.15, 0.2) is 18.2 Å². The number of hydrogen-bond donors (Lipinski definition) is 1. The summed E-state index contributed by atoms with van der Waals surface area (Å²) in [4.78, 5) is 33.6. The normalized spacial score (nSPS) is 25.5. The van der Waals surface area contributed by atoms with Gasteiger partial charge in [0.15, 0.2) is 0 Å². The quantitative estimate of drug-likeness (QED) is 0.863.